The van der Waals surface area contributed by atoms with Crippen LogP contribution in [0.2, 0.25) is 0 Å². The summed E-state index contributed by atoms with van der Waals surface area (Å²) in [6.45, 7) is 0. The average Bonchev–Trinajstić information content (AvgIpc) is 2.93. The highest BCUT2D eigenvalue weighted by Crippen LogP contribution is 2.30. The van der Waals surface area contributed by atoms with E-state index in [1.165, 1.54) is 12.1 Å². The highest BCUT2D eigenvalue weighted by molar-refractivity contribution is 5.66. The molecule has 94 valence electrons. The number of hydrogen-bond acceptors (Lipinski definition) is 3. The third-order valence-electron chi connectivity index (χ3n) is 2.90. The van der Waals surface area contributed by atoms with E-state index in [0.29, 0.717) is 5.82 Å². The van der Waals surface area contributed by atoms with E-state index >= 15 is 0 Å². The minimum atomic E-state index is -0.157. The van der Waals surface area contributed by atoms with E-state index in [1.54, 1.807) is 6.07 Å². The second-order valence-corrected chi connectivity index (χ2v) is 4.20. The molecule has 1 heterocycles. The molecular weight excluding hydrogens is 240 g/mol. The van der Waals surface area contributed by atoms with Crippen LogP contribution in [0.5, 0.6) is 11.5 Å². The molecule has 0 fully saturated rings. The van der Waals surface area contributed by atoms with Crippen LogP contribution in [0.4, 0.5) is 0 Å². The van der Waals surface area contributed by atoms with Crippen LogP contribution in [0.25, 0.3) is 22.6 Å². The number of phenols is 2. The second kappa shape index (κ2) is 4.49. The van der Waals surface area contributed by atoms with Crippen molar-refractivity contribution in [1.29, 1.82) is 0 Å². The minimum absolute atomic E-state index is 0.140. The Kier molecular flexibility index (Phi) is 2.68. The summed E-state index contributed by atoms with van der Waals surface area (Å²) in [5.74, 6) is 0.350. The molecule has 3 aromatic rings. The molecule has 0 saturated carbocycles. The zero-order valence-corrected chi connectivity index (χ0v) is 10.0. The first-order valence-electron chi connectivity index (χ1n) is 5.87. The molecule has 0 unspecified atom stereocenters. The molecule has 3 rings (SSSR count). The van der Waals surface area contributed by atoms with E-state index in [4.69, 9.17) is 0 Å². The van der Waals surface area contributed by atoms with Gasteiger partial charge in [0.25, 0.3) is 0 Å². The lowest BCUT2D eigenvalue weighted by Gasteiger charge is -2.00. The smallest absolute Gasteiger partial charge is 0.158 e. The fourth-order valence-electron chi connectivity index (χ4n) is 1.90. The summed E-state index contributed by atoms with van der Waals surface area (Å²) in [5.41, 5.74) is 2.58. The van der Waals surface area contributed by atoms with Gasteiger partial charge in [0.2, 0.25) is 0 Å². The predicted octanol–water partition coefficient (Wildman–Crippen LogP) is 3.15. The lowest BCUT2D eigenvalue weighted by atomic mass is 10.2. The highest BCUT2D eigenvalue weighted by Gasteiger charge is 2.08. The van der Waals surface area contributed by atoms with E-state index in [-0.39, 0.29) is 11.5 Å². The lowest BCUT2D eigenvalue weighted by molar-refractivity contribution is 0.404. The van der Waals surface area contributed by atoms with E-state index in [2.05, 4.69) is 9.97 Å². The van der Waals surface area contributed by atoms with Crippen LogP contribution in [-0.4, -0.2) is 20.2 Å². The summed E-state index contributed by atoms with van der Waals surface area (Å²) in [6, 6.07) is 14.4. The molecule has 0 amide bonds. The molecule has 0 aliphatic carbocycles. The monoisotopic (exact) mass is 252 g/mol. The van der Waals surface area contributed by atoms with Crippen molar-refractivity contribution >= 4 is 0 Å². The maximum atomic E-state index is 9.49. The van der Waals surface area contributed by atoms with Gasteiger partial charge in [-0.25, -0.2) is 4.98 Å². The first-order chi connectivity index (χ1) is 9.24. The first kappa shape index (κ1) is 11.3. The topological polar surface area (TPSA) is 69.1 Å². The number of hydrogen-bond donors (Lipinski definition) is 3. The number of aromatic amines is 1. The van der Waals surface area contributed by atoms with Crippen molar-refractivity contribution in [3.8, 4) is 34.1 Å². The standard InChI is InChI=1S/C15H12N2O2/c18-13-7-6-11(8-14(13)19)15-16-9-12(17-15)10-4-2-1-3-5-10/h1-9,18-19H,(H,16,17). The third-order valence-corrected chi connectivity index (χ3v) is 2.90. The molecule has 1 aromatic heterocycles. The van der Waals surface area contributed by atoms with Gasteiger partial charge < -0.3 is 15.2 Å². The van der Waals surface area contributed by atoms with Gasteiger partial charge in [0.15, 0.2) is 11.5 Å². The Balaban J connectivity index is 1.99. The van der Waals surface area contributed by atoms with Crippen LogP contribution in [-0.2, 0) is 0 Å². The zero-order valence-electron chi connectivity index (χ0n) is 10.0. The summed E-state index contributed by atoms with van der Waals surface area (Å²) < 4.78 is 0. The average molecular weight is 252 g/mol. The van der Waals surface area contributed by atoms with Crippen molar-refractivity contribution in [3.05, 3.63) is 54.7 Å². The molecule has 0 saturated heterocycles. The molecule has 0 bridgehead atoms. The lowest BCUT2D eigenvalue weighted by Crippen LogP contribution is -1.81. The molecule has 0 radical (unpaired) electrons. The Morgan fingerprint density at radius 2 is 1.63 bits per heavy atom. The summed E-state index contributed by atoms with van der Waals surface area (Å²) in [7, 11) is 0. The molecule has 0 aliphatic heterocycles. The van der Waals surface area contributed by atoms with Gasteiger partial charge in [-0.15, -0.1) is 0 Å². The van der Waals surface area contributed by atoms with Crippen molar-refractivity contribution in [1.82, 2.24) is 9.97 Å². The molecule has 0 spiro atoms. The molecule has 0 atom stereocenters. The molecule has 4 nitrogen and oxygen atoms in total. The van der Waals surface area contributed by atoms with Crippen molar-refractivity contribution < 1.29 is 10.2 Å². The third kappa shape index (κ3) is 2.15. The number of benzene rings is 2. The maximum absolute atomic E-state index is 9.49. The Morgan fingerprint density at radius 3 is 2.37 bits per heavy atom. The molecule has 3 N–H and O–H groups in total. The van der Waals surface area contributed by atoms with Gasteiger partial charge in [0.05, 0.1) is 5.69 Å². The summed E-state index contributed by atoms with van der Waals surface area (Å²) in [4.78, 5) is 7.54. The largest absolute Gasteiger partial charge is 0.504 e. The Hall–Kier alpha value is -2.75. The van der Waals surface area contributed by atoms with Crippen molar-refractivity contribution in [2.24, 2.45) is 0 Å². The molecule has 2 aromatic carbocycles. The van der Waals surface area contributed by atoms with Gasteiger partial charge in [-0.05, 0) is 18.2 Å². The summed E-state index contributed by atoms with van der Waals surface area (Å²) in [6.07, 6.45) is 1.81. The van der Waals surface area contributed by atoms with E-state index in [1.807, 2.05) is 36.5 Å². The van der Waals surface area contributed by atoms with E-state index in [9.17, 15) is 10.2 Å². The highest BCUT2D eigenvalue weighted by atomic mass is 16.3. The zero-order chi connectivity index (χ0) is 13.2. The SMILES string of the molecule is Oc1ccc(-c2nc(-c3ccccc3)c[nH]2)cc1O. The normalized spacial score (nSPS) is 10.5. The molecule has 0 aliphatic rings. The van der Waals surface area contributed by atoms with Crippen LogP contribution >= 0.6 is 0 Å². The summed E-state index contributed by atoms with van der Waals surface area (Å²) in [5, 5.41) is 18.8. The van der Waals surface area contributed by atoms with E-state index < -0.39 is 0 Å². The number of imidazole rings is 1. The van der Waals surface area contributed by atoms with Gasteiger partial charge in [0, 0.05) is 17.3 Å². The van der Waals surface area contributed by atoms with Gasteiger partial charge >= 0.3 is 0 Å². The van der Waals surface area contributed by atoms with Gasteiger partial charge in [-0.2, -0.15) is 0 Å². The van der Waals surface area contributed by atoms with Crippen LogP contribution in [0.15, 0.2) is 54.7 Å². The van der Waals surface area contributed by atoms with Gasteiger partial charge in [-0.1, -0.05) is 30.3 Å². The molecular formula is C15H12N2O2. The predicted molar refractivity (Wildman–Crippen MR) is 72.8 cm³/mol. The van der Waals surface area contributed by atoms with Crippen LogP contribution in [0, 0.1) is 0 Å². The van der Waals surface area contributed by atoms with Crippen LogP contribution in [0.3, 0.4) is 0 Å². The first-order valence-corrected chi connectivity index (χ1v) is 5.87. The Morgan fingerprint density at radius 1 is 0.842 bits per heavy atom. The maximum Gasteiger partial charge on any atom is 0.158 e. The van der Waals surface area contributed by atoms with Crippen molar-refractivity contribution in [2.45, 2.75) is 0 Å². The number of phenolic OH excluding ortho intramolecular Hbond substituents is 2. The number of rotatable bonds is 2. The second-order valence-electron chi connectivity index (χ2n) is 4.20. The fourth-order valence-corrected chi connectivity index (χ4v) is 1.90. The fraction of sp³-hybridized carbons (Fsp3) is 0. The van der Waals surface area contributed by atoms with Crippen molar-refractivity contribution in [2.75, 3.05) is 0 Å². The van der Waals surface area contributed by atoms with Crippen LogP contribution < -0.4 is 0 Å². The van der Waals surface area contributed by atoms with Gasteiger partial charge in [0.1, 0.15) is 5.82 Å². The van der Waals surface area contributed by atoms with Gasteiger partial charge in [-0.3, -0.25) is 0 Å². The van der Waals surface area contributed by atoms with Crippen molar-refractivity contribution in [3.63, 3.8) is 0 Å². The minimum Gasteiger partial charge on any atom is -0.504 e. The number of H-pyrrole nitrogens is 1. The molecule has 4 heteroatoms. The number of nitrogens with one attached hydrogen (secondary N) is 1. The Bertz CT molecular complexity index is 705. The number of aromatic hydroxyl groups is 2. The quantitative estimate of drug-likeness (QED) is 0.613. The Labute approximate surface area is 110 Å². The number of aromatic nitrogens is 2. The summed E-state index contributed by atoms with van der Waals surface area (Å²) >= 11 is 0. The number of nitrogens with zero attached hydrogens (tertiary/aromatic N) is 1. The van der Waals surface area contributed by atoms with Crippen LogP contribution in [0.1, 0.15) is 0 Å². The molecule has 19 heavy (non-hydrogen) atoms. The van der Waals surface area contributed by atoms with E-state index in [0.717, 1.165) is 16.8 Å².